The topological polar surface area (TPSA) is 84.2 Å². The van der Waals surface area contributed by atoms with Crippen LogP contribution in [0.4, 0.5) is 4.79 Å². The van der Waals surface area contributed by atoms with Crippen LogP contribution in [-0.2, 0) is 19.4 Å². The third-order valence-electron chi connectivity index (χ3n) is 3.36. The molecule has 0 saturated heterocycles. The van der Waals surface area contributed by atoms with Crippen LogP contribution in [0.2, 0.25) is 0 Å². The Morgan fingerprint density at radius 3 is 3.04 bits per heavy atom. The van der Waals surface area contributed by atoms with Crippen LogP contribution in [0.3, 0.4) is 0 Å². The highest BCUT2D eigenvalue weighted by molar-refractivity contribution is 7.09. The van der Waals surface area contributed by atoms with Crippen molar-refractivity contribution >= 4 is 23.0 Å². The smallest absolute Gasteiger partial charge is 0.315 e. The van der Waals surface area contributed by atoms with E-state index in [0.29, 0.717) is 18.9 Å². The standard InChI is InChI=1S/C15H18N6OS/c1-2-14-18-11(10-23-14)6-7-16-15(22)17-9-13-20-19-12-5-3-4-8-21(12)13/h3-5,8,10H,2,6-7,9H2,1H3,(H2,16,17,22). The Kier molecular flexibility index (Phi) is 4.82. The van der Waals surface area contributed by atoms with Crippen LogP contribution >= 0.6 is 11.3 Å². The molecule has 0 radical (unpaired) electrons. The van der Waals surface area contributed by atoms with Crippen molar-refractivity contribution in [3.05, 3.63) is 46.3 Å². The van der Waals surface area contributed by atoms with E-state index in [1.54, 1.807) is 11.3 Å². The molecule has 0 aliphatic heterocycles. The molecule has 3 aromatic heterocycles. The molecule has 0 aliphatic rings. The molecular formula is C15H18N6OS. The van der Waals surface area contributed by atoms with Crippen molar-refractivity contribution < 1.29 is 4.79 Å². The fourth-order valence-corrected chi connectivity index (χ4v) is 2.94. The maximum atomic E-state index is 11.8. The highest BCUT2D eigenvalue weighted by Gasteiger charge is 2.07. The number of fused-ring (bicyclic) bond motifs is 1. The summed E-state index contributed by atoms with van der Waals surface area (Å²) in [5.41, 5.74) is 1.79. The number of rotatable bonds is 6. The molecule has 0 aliphatic carbocycles. The van der Waals surface area contributed by atoms with Gasteiger partial charge in [-0.1, -0.05) is 13.0 Å². The number of aryl methyl sites for hydroxylation is 1. The molecule has 23 heavy (non-hydrogen) atoms. The first-order valence-corrected chi connectivity index (χ1v) is 8.38. The van der Waals surface area contributed by atoms with Gasteiger partial charge in [0.2, 0.25) is 0 Å². The first kappa shape index (κ1) is 15.4. The second-order valence-corrected chi connectivity index (χ2v) is 5.93. The molecule has 0 atom stereocenters. The molecule has 0 unspecified atom stereocenters. The summed E-state index contributed by atoms with van der Waals surface area (Å²) >= 11 is 1.66. The van der Waals surface area contributed by atoms with Crippen LogP contribution in [-0.4, -0.2) is 32.2 Å². The maximum absolute atomic E-state index is 11.8. The number of carbonyl (C=O) groups is 1. The summed E-state index contributed by atoms with van der Waals surface area (Å²) in [6, 6.07) is 5.45. The molecule has 3 rings (SSSR count). The Labute approximate surface area is 137 Å². The summed E-state index contributed by atoms with van der Waals surface area (Å²) in [6.07, 6.45) is 3.56. The van der Waals surface area contributed by atoms with Crippen LogP contribution in [0.1, 0.15) is 23.4 Å². The third-order valence-corrected chi connectivity index (χ3v) is 4.40. The van der Waals surface area contributed by atoms with Crippen molar-refractivity contribution in [1.29, 1.82) is 0 Å². The van der Waals surface area contributed by atoms with E-state index in [9.17, 15) is 4.79 Å². The number of hydrogen-bond acceptors (Lipinski definition) is 5. The molecule has 8 heteroatoms. The number of nitrogens with one attached hydrogen (secondary N) is 2. The summed E-state index contributed by atoms with van der Waals surface area (Å²) in [5, 5.41) is 16.9. The van der Waals surface area contributed by atoms with E-state index in [1.165, 1.54) is 0 Å². The summed E-state index contributed by atoms with van der Waals surface area (Å²) in [6.45, 7) is 2.97. The fourth-order valence-electron chi connectivity index (χ4n) is 2.16. The summed E-state index contributed by atoms with van der Waals surface area (Å²) in [5.74, 6) is 0.697. The molecule has 0 spiro atoms. The van der Waals surface area contributed by atoms with Crippen LogP contribution in [0.15, 0.2) is 29.8 Å². The lowest BCUT2D eigenvalue weighted by molar-refractivity contribution is 0.240. The minimum Gasteiger partial charge on any atom is -0.338 e. The molecule has 0 fully saturated rings. The Hall–Kier alpha value is -2.48. The van der Waals surface area contributed by atoms with Crippen LogP contribution in [0.25, 0.3) is 5.65 Å². The molecule has 0 saturated carbocycles. The van der Waals surface area contributed by atoms with Gasteiger partial charge in [-0.15, -0.1) is 21.5 Å². The lowest BCUT2D eigenvalue weighted by Gasteiger charge is -2.06. The van der Waals surface area contributed by atoms with E-state index in [0.717, 1.165) is 29.2 Å². The van der Waals surface area contributed by atoms with E-state index < -0.39 is 0 Å². The van der Waals surface area contributed by atoms with Gasteiger partial charge in [-0.25, -0.2) is 9.78 Å². The number of carbonyl (C=O) groups excluding carboxylic acids is 1. The summed E-state index contributed by atoms with van der Waals surface area (Å²) in [7, 11) is 0. The molecule has 7 nitrogen and oxygen atoms in total. The molecule has 0 aromatic carbocycles. The highest BCUT2D eigenvalue weighted by Crippen LogP contribution is 2.10. The molecule has 3 heterocycles. The van der Waals surface area contributed by atoms with Gasteiger partial charge in [0.1, 0.15) is 0 Å². The number of urea groups is 1. The minimum absolute atomic E-state index is 0.219. The van der Waals surface area contributed by atoms with Crippen molar-refractivity contribution in [3.8, 4) is 0 Å². The van der Waals surface area contributed by atoms with E-state index in [4.69, 9.17) is 0 Å². The second kappa shape index (κ2) is 7.19. The van der Waals surface area contributed by atoms with Gasteiger partial charge < -0.3 is 10.6 Å². The lowest BCUT2D eigenvalue weighted by atomic mass is 10.3. The number of nitrogens with zero attached hydrogens (tertiary/aromatic N) is 4. The summed E-state index contributed by atoms with van der Waals surface area (Å²) in [4.78, 5) is 16.3. The van der Waals surface area contributed by atoms with Gasteiger partial charge in [-0.2, -0.15) is 0 Å². The van der Waals surface area contributed by atoms with Gasteiger partial charge >= 0.3 is 6.03 Å². The summed E-state index contributed by atoms with van der Waals surface area (Å²) < 4.78 is 1.85. The molecular weight excluding hydrogens is 312 g/mol. The van der Waals surface area contributed by atoms with Gasteiger partial charge in [-0.05, 0) is 18.6 Å². The van der Waals surface area contributed by atoms with Crippen LogP contribution in [0.5, 0.6) is 0 Å². The van der Waals surface area contributed by atoms with Gasteiger partial charge in [0.05, 0.1) is 17.2 Å². The Morgan fingerprint density at radius 2 is 2.22 bits per heavy atom. The first-order valence-electron chi connectivity index (χ1n) is 7.50. The van der Waals surface area contributed by atoms with Gasteiger partial charge in [0.15, 0.2) is 11.5 Å². The number of aromatic nitrogens is 4. The monoisotopic (exact) mass is 330 g/mol. The van der Waals surface area contributed by atoms with E-state index in [1.807, 2.05) is 34.2 Å². The van der Waals surface area contributed by atoms with E-state index in [-0.39, 0.29) is 6.03 Å². The van der Waals surface area contributed by atoms with Gasteiger partial charge in [0, 0.05) is 24.5 Å². The average Bonchev–Trinajstić information content (AvgIpc) is 3.19. The van der Waals surface area contributed by atoms with Gasteiger partial charge in [-0.3, -0.25) is 4.40 Å². The number of pyridine rings is 1. The SMILES string of the molecule is CCc1nc(CCNC(=O)NCc2nnc3ccccn23)cs1. The molecule has 120 valence electrons. The zero-order valence-corrected chi connectivity index (χ0v) is 13.6. The third kappa shape index (κ3) is 3.84. The van der Waals surface area contributed by atoms with Crippen molar-refractivity contribution in [2.24, 2.45) is 0 Å². The van der Waals surface area contributed by atoms with E-state index >= 15 is 0 Å². The normalized spacial score (nSPS) is 10.8. The largest absolute Gasteiger partial charge is 0.338 e. The molecule has 0 bridgehead atoms. The lowest BCUT2D eigenvalue weighted by Crippen LogP contribution is -2.36. The number of amides is 2. The van der Waals surface area contributed by atoms with Crippen molar-refractivity contribution in [2.75, 3.05) is 6.54 Å². The van der Waals surface area contributed by atoms with Crippen LogP contribution < -0.4 is 10.6 Å². The zero-order chi connectivity index (χ0) is 16.1. The predicted molar refractivity (Wildman–Crippen MR) is 88.4 cm³/mol. The number of thiazole rings is 1. The quantitative estimate of drug-likeness (QED) is 0.722. The maximum Gasteiger partial charge on any atom is 0.315 e. The average molecular weight is 330 g/mol. The first-order chi connectivity index (χ1) is 11.3. The molecule has 2 amide bonds. The predicted octanol–water partition coefficient (Wildman–Crippen LogP) is 1.79. The zero-order valence-electron chi connectivity index (χ0n) is 12.8. The minimum atomic E-state index is -0.219. The Balaban J connectivity index is 1.44. The highest BCUT2D eigenvalue weighted by atomic mass is 32.1. The second-order valence-electron chi connectivity index (χ2n) is 4.99. The Morgan fingerprint density at radius 1 is 1.30 bits per heavy atom. The Bertz CT molecular complexity index is 796. The van der Waals surface area contributed by atoms with Gasteiger partial charge in [0.25, 0.3) is 0 Å². The molecule has 2 N–H and O–H groups in total. The van der Waals surface area contributed by atoms with Crippen LogP contribution in [0, 0.1) is 0 Å². The van der Waals surface area contributed by atoms with E-state index in [2.05, 4.69) is 32.7 Å². The van der Waals surface area contributed by atoms with Crippen molar-refractivity contribution in [1.82, 2.24) is 30.2 Å². The van der Waals surface area contributed by atoms with Crippen molar-refractivity contribution in [2.45, 2.75) is 26.3 Å². The molecule has 3 aromatic rings. The van der Waals surface area contributed by atoms with Crippen molar-refractivity contribution in [3.63, 3.8) is 0 Å². The fraction of sp³-hybridized carbons (Fsp3) is 0.333. The number of hydrogen-bond donors (Lipinski definition) is 2.